The van der Waals surface area contributed by atoms with Crippen molar-refractivity contribution in [2.75, 3.05) is 7.11 Å². The molecule has 0 heterocycles. The van der Waals surface area contributed by atoms with Crippen LogP contribution in [0.4, 0.5) is 17.6 Å². The summed E-state index contributed by atoms with van der Waals surface area (Å²) in [6.45, 7) is 0. The van der Waals surface area contributed by atoms with Crippen molar-refractivity contribution >= 4 is 30.1 Å². The van der Waals surface area contributed by atoms with Crippen molar-refractivity contribution in [2.45, 2.75) is 15.3 Å². The van der Waals surface area contributed by atoms with E-state index in [2.05, 4.69) is 13.5 Å². The molecule has 0 fully saturated rings. The van der Waals surface area contributed by atoms with Gasteiger partial charge in [-0.1, -0.05) is 10.4 Å². The Kier molecular flexibility index (Phi) is 6.08. The highest BCUT2D eigenvalue weighted by Crippen LogP contribution is 2.41. The molecular weight excluding hydrogens is 363 g/mol. The molecule has 1 aromatic rings. The number of rotatable bonds is 6. The molecule has 0 radical (unpaired) electrons. The molecule has 6 nitrogen and oxygen atoms in total. The molecule has 0 saturated carbocycles. The first-order valence-corrected chi connectivity index (χ1v) is 8.06. The fourth-order valence-electron chi connectivity index (χ4n) is 1.07. The molecule has 0 amide bonds. The van der Waals surface area contributed by atoms with E-state index in [-0.39, 0.29) is 0 Å². The lowest BCUT2D eigenvalue weighted by Gasteiger charge is -2.10. The molecular formula is C8H6F4O6PS2+. The Morgan fingerprint density at radius 1 is 1.29 bits per heavy atom. The molecule has 13 heteroatoms. The molecule has 118 valence electrons. The first-order chi connectivity index (χ1) is 9.57. The van der Waals surface area contributed by atoms with E-state index >= 15 is 0 Å². The Hall–Kier alpha value is -0.780. The maximum absolute atomic E-state index is 13.5. The minimum atomic E-state index is -5.08. The van der Waals surface area contributed by atoms with Crippen molar-refractivity contribution in [2.24, 2.45) is 0 Å². The summed E-state index contributed by atoms with van der Waals surface area (Å²) in [5.74, 6) is -1.49. The molecule has 0 saturated heterocycles. The molecule has 1 aromatic carbocycles. The van der Waals surface area contributed by atoms with Gasteiger partial charge in [-0.2, -0.15) is 21.6 Å². The third kappa shape index (κ3) is 5.49. The summed E-state index contributed by atoms with van der Waals surface area (Å²) >= 11 is -0.850. The van der Waals surface area contributed by atoms with E-state index in [0.29, 0.717) is 6.07 Å². The second kappa shape index (κ2) is 6.99. The normalized spacial score (nSPS) is 13.3. The Morgan fingerprint density at radius 2 is 1.90 bits per heavy atom. The summed E-state index contributed by atoms with van der Waals surface area (Å²) < 4.78 is 96.0. The summed E-state index contributed by atoms with van der Waals surface area (Å²) in [6, 6.07) is 2.24. The van der Waals surface area contributed by atoms with Crippen LogP contribution >= 0.6 is 20.0 Å². The summed E-state index contributed by atoms with van der Waals surface area (Å²) in [5.41, 5.74) is -4.85. The van der Waals surface area contributed by atoms with E-state index in [4.69, 9.17) is 0 Å². The lowest BCUT2D eigenvalue weighted by molar-refractivity contribution is -0.0966. The first kappa shape index (κ1) is 18.3. The number of alkyl halides is 3. The zero-order valence-electron chi connectivity index (χ0n) is 9.96. The summed E-state index contributed by atoms with van der Waals surface area (Å²) in [5, 5.41) is 0. The van der Waals surface area contributed by atoms with Gasteiger partial charge in [0.1, 0.15) is 10.7 Å². The highest BCUT2D eigenvalue weighted by atomic mass is 32.2. The zero-order chi connectivity index (χ0) is 16.3. The van der Waals surface area contributed by atoms with Gasteiger partial charge in [0.2, 0.25) is 0 Å². The van der Waals surface area contributed by atoms with Gasteiger partial charge < -0.3 is 0 Å². The van der Waals surface area contributed by atoms with Gasteiger partial charge >= 0.3 is 23.9 Å². The van der Waals surface area contributed by atoms with Crippen LogP contribution in [0.15, 0.2) is 28.0 Å². The highest BCUT2D eigenvalue weighted by molar-refractivity contribution is 8.00. The molecule has 0 N–H and O–H groups in total. The average molecular weight is 369 g/mol. The Labute approximate surface area is 121 Å². The number of thioether (sulfide) groups is 1. The molecule has 0 aliphatic heterocycles. The van der Waals surface area contributed by atoms with Gasteiger partial charge in [-0.3, -0.25) is 0 Å². The predicted octanol–water partition coefficient (Wildman–Crippen LogP) is 3.38. The second-order valence-electron chi connectivity index (χ2n) is 3.12. The summed E-state index contributed by atoms with van der Waals surface area (Å²) in [6.07, 6.45) is 0. The van der Waals surface area contributed by atoms with Crippen LogP contribution in [0.3, 0.4) is 0 Å². The van der Waals surface area contributed by atoms with Crippen molar-refractivity contribution in [3.63, 3.8) is 0 Å². The predicted molar refractivity (Wildman–Crippen MR) is 62.3 cm³/mol. The molecule has 0 aliphatic carbocycles. The van der Waals surface area contributed by atoms with Gasteiger partial charge in [0.25, 0.3) is 0 Å². The van der Waals surface area contributed by atoms with Gasteiger partial charge in [0, 0.05) is 9.46 Å². The minimum Gasteiger partial charge on any atom is -0.205 e. The van der Waals surface area contributed by atoms with Gasteiger partial charge in [-0.05, 0) is 23.9 Å². The van der Waals surface area contributed by atoms with Gasteiger partial charge in [0.05, 0.1) is 11.8 Å². The van der Waals surface area contributed by atoms with Gasteiger partial charge in [-0.25, -0.2) is 4.39 Å². The van der Waals surface area contributed by atoms with Crippen molar-refractivity contribution in [3.8, 4) is 0 Å². The number of benzene rings is 1. The third-order valence-electron chi connectivity index (χ3n) is 1.74. The third-order valence-corrected chi connectivity index (χ3v) is 4.41. The second-order valence-corrected chi connectivity index (χ2v) is 6.64. The maximum Gasteiger partial charge on any atom is 0.729 e. The monoisotopic (exact) mass is 369 g/mol. The van der Waals surface area contributed by atoms with E-state index in [9.17, 15) is 30.5 Å². The van der Waals surface area contributed by atoms with Crippen LogP contribution in [0, 0.1) is 5.82 Å². The fourth-order valence-corrected chi connectivity index (χ4v) is 3.35. The molecule has 0 spiro atoms. The van der Waals surface area contributed by atoms with E-state index in [1.165, 1.54) is 0 Å². The quantitative estimate of drug-likeness (QED) is 0.250. The topological polar surface area (TPSA) is 78.9 Å². The Bertz CT molecular complexity index is 632. The van der Waals surface area contributed by atoms with Crippen molar-refractivity contribution in [1.82, 2.24) is 0 Å². The maximum atomic E-state index is 13.5. The van der Waals surface area contributed by atoms with Crippen LogP contribution in [0.1, 0.15) is 0 Å². The zero-order valence-corrected chi connectivity index (χ0v) is 12.5. The van der Waals surface area contributed by atoms with Gasteiger partial charge in [-0.15, -0.1) is 4.52 Å². The molecule has 1 rings (SSSR count). The summed E-state index contributed by atoms with van der Waals surface area (Å²) in [4.78, 5) is -2.34. The Balaban J connectivity index is 3.18. The number of halogens is 4. The molecule has 21 heavy (non-hydrogen) atoms. The van der Waals surface area contributed by atoms with E-state index in [0.717, 1.165) is 19.2 Å². The SMILES string of the molecule is CO[P+](=O)OOS(=O)(=O)c1c(F)cccc1SC(F)(F)F. The molecule has 0 aliphatic rings. The van der Waals surface area contributed by atoms with Crippen LogP contribution in [0.5, 0.6) is 0 Å². The first-order valence-electron chi connectivity index (χ1n) is 4.73. The lowest BCUT2D eigenvalue weighted by Crippen LogP contribution is -2.11. The van der Waals surface area contributed by atoms with Crippen LogP contribution < -0.4 is 0 Å². The van der Waals surface area contributed by atoms with Gasteiger partial charge in [0.15, 0.2) is 0 Å². The van der Waals surface area contributed by atoms with Crippen LogP contribution in [-0.2, 0) is 28.2 Å². The molecule has 0 bridgehead atoms. The van der Waals surface area contributed by atoms with E-state index in [1.807, 2.05) is 0 Å². The standard InChI is InChI=1S/C8H6F4O6PS2/c1-16-19(13)17-18-21(14,15)7-5(9)3-2-4-6(7)20-8(10,11)12/h2-4H,1H3/q+1. The minimum absolute atomic E-state index is 0.618. The van der Waals surface area contributed by atoms with E-state index < -0.39 is 51.3 Å². The summed E-state index contributed by atoms with van der Waals surface area (Å²) in [7, 11) is -7.17. The molecule has 1 atom stereocenters. The van der Waals surface area contributed by atoms with Crippen molar-refractivity contribution in [1.29, 1.82) is 0 Å². The number of hydrogen-bond donors (Lipinski definition) is 0. The van der Waals surface area contributed by atoms with Crippen LogP contribution in [0.2, 0.25) is 0 Å². The molecule has 1 unspecified atom stereocenters. The van der Waals surface area contributed by atoms with Crippen LogP contribution in [0.25, 0.3) is 0 Å². The smallest absolute Gasteiger partial charge is 0.205 e. The highest BCUT2D eigenvalue weighted by Gasteiger charge is 2.36. The largest absolute Gasteiger partial charge is 0.729 e. The Morgan fingerprint density at radius 3 is 2.43 bits per heavy atom. The molecule has 0 aromatic heterocycles. The van der Waals surface area contributed by atoms with Crippen molar-refractivity contribution in [3.05, 3.63) is 24.0 Å². The lowest BCUT2D eigenvalue weighted by atomic mass is 10.3. The fraction of sp³-hybridized carbons (Fsp3) is 0.250. The van der Waals surface area contributed by atoms with Crippen LogP contribution in [-0.4, -0.2) is 21.0 Å². The number of hydrogen-bond acceptors (Lipinski definition) is 7. The van der Waals surface area contributed by atoms with E-state index in [1.54, 1.807) is 0 Å². The average Bonchev–Trinajstić information content (AvgIpc) is 2.33. The van der Waals surface area contributed by atoms with Crippen molar-refractivity contribution < 1.29 is 44.1 Å².